The summed E-state index contributed by atoms with van der Waals surface area (Å²) in [6.07, 6.45) is 4.23. The normalized spacial score (nSPS) is 13.5. The van der Waals surface area contributed by atoms with E-state index in [1.165, 1.54) is 21.8 Å². The molecule has 0 bridgehead atoms. The van der Waals surface area contributed by atoms with Crippen LogP contribution in [0.2, 0.25) is 5.02 Å². The van der Waals surface area contributed by atoms with Gasteiger partial charge in [-0.2, -0.15) is 0 Å². The van der Waals surface area contributed by atoms with Crippen molar-refractivity contribution in [1.82, 2.24) is 16.2 Å². The van der Waals surface area contributed by atoms with Crippen LogP contribution >= 0.6 is 22.9 Å². The lowest BCUT2D eigenvalue weighted by molar-refractivity contribution is -0.122. The van der Waals surface area contributed by atoms with Crippen molar-refractivity contribution in [2.45, 2.75) is 38.1 Å². The Hall–Kier alpha value is -3.16. The summed E-state index contributed by atoms with van der Waals surface area (Å²) in [5, 5.41) is 3.21. The van der Waals surface area contributed by atoms with Gasteiger partial charge in [0.05, 0.1) is 27.9 Å². The van der Waals surface area contributed by atoms with E-state index < -0.39 is 11.9 Å². The largest absolute Gasteiger partial charge is 0.345 e. The van der Waals surface area contributed by atoms with Gasteiger partial charge in [-0.05, 0) is 55.0 Å². The third-order valence-electron chi connectivity index (χ3n) is 5.55. The summed E-state index contributed by atoms with van der Waals surface area (Å²) in [5.74, 6) is -1.13. The molecule has 0 fully saturated rings. The zero-order valence-electron chi connectivity index (χ0n) is 17.9. The third-order valence-corrected chi connectivity index (χ3v) is 7.12. The Morgan fingerprint density at radius 2 is 1.64 bits per heavy atom. The maximum Gasteiger partial charge on any atom is 0.279 e. The van der Waals surface area contributed by atoms with E-state index in [1.54, 1.807) is 24.3 Å². The molecule has 1 aliphatic rings. The summed E-state index contributed by atoms with van der Waals surface area (Å²) in [6.45, 7) is 0. The minimum atomic E-state index is -0.596. The number of hydrazine groups is 1. The molecule has 0 saturated heterocycles. The number of carbonyl (C=O) groups excluding carboxylic acids is 3. The van der Waals surface area contributed by atoms with Crippen molar-refractivity contribution in [3.05, 3.63) is 92.1 Å². The summed E-state index contributed by atoms with van der Waals surface area (Å²) < 4.78 is 0. The van der Waals surface area contributed by atoms with E-state index in [9.17, 15) is 14.4 Å². The van der Waals surface area contributed by atoms with Crippen molar-refractivity contribution < 1.29 is 14.4 Å². The van der Waals surface area contributed by atoms with Crippen LogP contribution in [0, 0.1) is 0 Å². The predicted octanol–water partition coefficient (Wildman–Crippen LogP) is 4.60. The van der Waals surface area contributed by atoms with Crippen molar-refractivity contribution >= 4 is 40.7 Å². The van der Waals surface area contributed by atoms with E-state index in [0.717, 1.165) is 31.2 Å². The molecule has 0 spiro atoms. The Balaban J connectivity index is 1.40. The van der Waals surface area contributed by atoms with Gasteiger partial charge in [0.2, 0.25) is 5.91 Å². The summed E-state index contributed by atoms with van der Waals surface area (Å²) in [4.78, 5) is 39.8. The lowest BCUT2D eigenvalue weighted by Crippen LogP contribution is -2.43. The minimum absolute atomic E-state index is 0.0541. The average molecular weight is 482 g/mol. The van der Waals surface area contributed by atoms with Gasteiger partial charge in [-0.3, -0.25) is 25.2 Å². The Morgan fingerprint density at radius 3 is 2.39 bits per heavy atom. The monoisotopic (exact) mass is 481 g/mol. The smallest absolute Gasteiger partial charge is 0.279 e. The van der Waals surface area contributed by atoms with Crippen molar-refractivity contribution in [3.63, 3.8) is 0 Å². The van der Waals surface area contributed by atoms with Gasteiger partial charge in [0.15, 0.2) is 0 Å². The lowest BCUT2D eigenvalue weighted by Gasteiger charge is -2.19. The van der Waals surface area contributed by atoms with E-state index in [1.807, 2.05) is 36.4 Å². The number of halogens is 1. The van der Waals surface area contributed by atoms with Crippen molar-refractivity contribution in [2.75, 3.05) is 0 Å². The van der Waals surface area contributed by atoms with Gasteiger partial charge < -0.3 is 5.32 Å². The Labute approximate surface area is 201 Å². The molecule has 33 heavy (non-hydrogen) atoms. The van der Waals surface area contributed by atoms with Gasteiger partial charge in [0.25, 0.3) is 11.8 Å². The highest BCUT2D eigenvalue weighted by Gasteiger charge is 2.22. The van der Waals surface area contributed by atoms with E-state index in [4.69, 9.17) is 11.6 Å². The topological polar surface area (TPSA) is 87.3 Å². The highest BCUT2D eigenvalue weighted by atomic mass is 35.5. The zero-order chi connectivity index (χ0) is 23.2. The second kappa shape index (κ2) is 10.6. The van der Waals surface area contributed by atoms with Gasteiger partial charge in [-0.1, -0.05) is 54.1 Å². The summed E-state index contributed by atoms with van der Waals surface area (Å²) in [6, 6.07) is 17.2. The molecule has 4 rings (SSSR count). The molecule has 0 aliphatic heterocycles. The molecule has 6 nitrogen and oxygen atoms in total. The molecule has 8 heteroatoms. The molecule has 1 unspecified atom stereocenters. The molecule has 3 aromatic rings. The number of hydrogen-bond acceptors (Lipinski definition) is 4. The van der Waals surface area contributed by atoms with Crippen LogP contribution in [0.1, 0.15) is 61.3 Å². The first-order valence-corrected chi connectivity index (χ1v) is 12.0. The molecule has 1 heterocycles. The first-order valence-electron chi connectivity index (χ1n) is 10.8. The number of thiophene rings is 1. The number of aryl methyl sites for hydroxylation is 2. The molecule has 0 radical (unpaired) electrons. The summed E-state index contributed by atoms with van der Waals surface area (Å²) in [5.41, 5.74) is 7.30. The van der Waals surface area contributed by atoms with Gasteiger partial charge in [0, 0.05) is 4.88 Å². The summed E-state index contributed by atoms with van der Waals surface area (Å²) in [7, 11) is 0. The van der Waals surface area contributed by atoms with Crippen LogP contribution < -0.4 is 16.2 Å². The summed E-state index contributed by atoms with van der Waals surface area (Å²) >= 11 is 7.63. The van der Waals surface area contributed by atoms with E-state index >= 15 is 0 Å². The molecule has 0 saturated carbocycles. The number of fused-ring (bicyclic) bond motifs is 1. The quantitative estimate of drug-likeness (QED) is 0.449. The van der Waals surface area contributed by atoms with Crippen LogP contribution in [0.25, 0.3) is 0 Å². The van der Waals surface area contributed by atoms with Crippen LogP contribution in [0.4, 0.5) is 0 Å². The molecule has 170 valence electrons. The van der Waals surface area contributed by atoms with Crippen LogP contribution in [0.15, 0.2) is 60.7 Å². The van der Waals surface area contributed by atoms with E-state index in [0.29, 0.717) is 15.5 Å². The number of benzene rings is 2. The molecule has 1 aromatic heterocycles. The van der Waals surface area contributed by atoms with Crippen LogP contribution in [0.3, 0.4) is 0 Å². The van der Waals surface area contributed by atoms with Gasteiger partial charge in [0.1, 0.15) is 0 Å². The molecule has 1 atom stereocenters. The maximum absolute atomic E-state index is 12.8. The fourth-order valence-electron chi connectivity index (χ4n) is 3.85. The number of hydrogen-bond donors (Lipinski definition) is 3. The molecule has 3 N–H and O–H groups in total. The molecule has 3 amide bonds. The average Bonchev–Trinajstić information content (AvgIpc) is 3.27. The SMILES string of the molecule is O=C(CC(NC(=O)c1ccccc1Cl)c1ccccc1)NNC(=O)c1cc2c(s1)CCCC2. The van der Waals surface area contributed by atoms with Crippen molar-refractivity contribution in [2.24, 2.45) is 0 Å². The Bertz CT molecular complexity index is 1140. The predicted molar refractivity (Wildman–Crippen MR) is 129 cm³/mol. The second-order valence-electron chi connectivity index (χ2n) is 7.89. The van der Waals surface area contributed by atoms with Crippen molar-refractivity contribution in [1.29, 1.82) is 0 Å². The number of carbonyl (C=O) groups is 3. The van der Waals surface area contributed by atoms with E-state index in [2.05, 4.69) is 16.2 Å². The van der Waals surface area contributed by atoms with Gasteiger partial charge in [-0.25, -0.2) is 0 Å². The standard InChI is InChI=1S/C25H24ClN3O3S/c26-19-12-6-5-11-18(19)24(31)27-20(16-8-2-1-3-9-16)15-23(30)28-29-25(32)22-14-17-10-4-7-13-21(17)33-22/h1-3,5-6,8-9,11-12,14,20H,4,7,10,13,15H2,(H,27,31)(H,28,30)(H,29,32). The molecule has 2 aromatic carbocycles. The maximum atomic E-state index is 12.8. The van der Waals surface area contributed by atoms with Gasteiger partial charge >= 0.3 is 0 Å². The van der Waals surface area contributed by atoms with E-state index in [-0.39, 0.29) is 18.2 Å². The zero-order valence-corrected chi connectivity index (χ0v) is 19.5. The number of amides is 3. The molecular weight excluding hydrogens is 458 g/mol. The first kappa shape index (κ1) is 23.0. The second-order valence-corrected chi connectivity index (χ2v) is 9.43. The fourth-order valence-corrected chi connectivity index (χ4v) is 5.22. The number of rotatable bonds is 6. The molecular formula is C25H24ClN3O3S. The van der Waals surface area contributed by atoms with Crippen LogP contribution in [-0.4, -0.2) is 17.7 Å². The Morgan fingerprint density at radius 1 is 0.909 bits per heavy atom. The van der Waals surface area contributed by atoms with Crippen LogP contribution in [0.5, 0.6) is 0 Å². The van der Waals surface area contributed by atoms with Gasteiger partial charge in [-0.15, -0.1) is 11.3 Å². The first-order chi connectivity index (χ1) is 16.0. The van der Waals surface area contributed by atoms with Crippen molar-refractivity contribution in [3.8, 4) is 0 Å². The highest BCUT2D eigenvalue weighted by Crippen LogP contribution is 2.29. The third kappa shape index (κ3) is 5.80. The van der Waals surface area contributed by atoms with Crippen LogP contribution in [-0.2, 0) is 17.6 Å². The fraction of sp³-hybridized carbons (Fsp3) is 0.240. The minimum Gasteiger partial charge on any atom is -0.345 e. The Kier molecular flexibility index (Phi) is 7.42. The lowest BCUT2D eigenvalue weighted by atomic mass is 9.99. The molecule has 1 aliphatic carbocycles. The highest BCUT2D eigenvalue weighted by molar-refractivity contribution is 7.14. The number of nitrogens with one attached hydrogen (secondary N) is 3.